The Hall–Kier alpha value is -7.23. The SMILES string of the molecule is COC(=O)c1ccc2c(c1)OCCN(C(=O)c1c(C)cccc1C)C2.COC(=O)c1ccc2c(c1)OCCNC2.Cc1cccc(C)c1C(=O)N1CCOc2cc(C(=O)NO)ccc2C1. The van der Waals surface area contributed by atoms with Crippen LogP contribution in [0.25, 0.3) is 0 Å². The fourth-order valence-electron chi connectivity index (χ4n) is 7.69. The highest BCUT2D eigenvalue weighted by molar-refractivity contribution is 5.98. The molecule has 15 nitrogen and oxygen atoms in total. The van der Waals surface area contributed by atoms with E-state index in [-0.39, 0.29) is 17.8 Å². The molecule has 5 aromatic carbocycles. The highest BCUT2D eigenvalue weighted by atomic mass is 16.5. The van der Waals surface area contributed by atoms with Crippen molar-refractivity contribution in [3.63, 3.8) is 0 Å². The van der Waals surface area contributed by atoms with E-state index in [0.29, 0.717) is 74.2 Å². The number of nitrogens with zero attached hydrogens (tertiary/aromatic N) is 2. The van der Waals surface area contributed by atoms with Crippen molar-refractivity contribution in [3.8, 4) is 17.2 Å². The molecule has 0 fully saturated rings. The molecule has 0 saturated carbocycles. The monoisotopic (exact) mass is 886 g/mol. The molecule has 5 aromatic rings. The number of carbonyl (C=O) groups excluding carboxylic acids is 5. The first kappa shape index (κ1) is 47.3. The van der Waals surface area contributed by atoms with Gasteiger partial charge in [-0.25, -0.2) is 15.1 Å². The third-order valence-corrected chi connectivity index (χ3v) is 11.2. The molecule has 0 spiro atoms. The topological polar surface area (TPSA) is 182 Å². The average Bonchev–Trinajstić information content (AvgIpc) is 3.79. The number of hydroxylamine groups is 1. The summed E-state index contributed by atoms with van der Waals surface area (Å²) in [5.74, 6) is 0.589. The van der Waals surface area contributed by atoms with Crippen LogP contribution in [0.1, 0.15) is 90.7 Å². The summed E-state index contributed by atoms with van der Waals surface area (Å²) in [5.41, 5.74) is 11.0. The van der Waals surface area contributed by atoms with Gasteiger partial charge in [-0.15, -0.1) is 0 Å². The normalized spacial score (nSPS) is 13.8. The number of benzene rings is 5. The third kappa shape index (κ3) is 11.5. The molecule has 0 aromatic heterocycles. The number of amides is 3. The van der Waals surface area contributed by atoms with Gasteiger partial charge in [-0.1, -0.05) is 54.6 Å². The number of hydrogen-bond donors (Lipinski definition) is 3. The van der Waals surface area contributed by atoms with E-state index in [1.54, 1.807) is 57.7 Å². The molecule has 8 rings (SSSR count). The first-order chi connectivity index (χ1) is 31.3. The van der Waals surface area contributed by atoms with E-state index >= 15 is 0 Å². The van der Waals surface area contributed by atoms with Crippen molar-refractivity contribution in [3.05, 3.63) is 158 Å². The molecule has 3 heterocycles. The van der Waals surface area contributed by atoms with Crippen LogP contribution < -0.4 is 25.0 Å². The number of aryl methyl sites for hydroxylation is 4. The quantitative estimate of drug-likeness (QED) is 0.0987. The Bertz CT molecular complexity index is 2400. The fourth-order valence-corrected chi connectivity index (χ4v) is 7.69. The molecule has 3 N–H and O–H groups in total. The molecule has 0 radical (unpaired) electrons. The maximum Gasteiger partial charge on any atom is 0.337 e. The lowest BCUT2D eigenvalue weighted by Crippen LogP contribution is -2.33. The number of nitrogens with one attached hydrogen (secondary N) is 2. The number of carbonyl (C=O) groups is 5. The van der Waals surface area contributed by atoms with Crippen LogP contribution in [0.5, 0.6) is 17.2 Å². The van der Waals surface area contributed by atoms with E-state index in [0.717, 1.165) is 68.9 Å². The number of ether oxygens (including phenoxy) is 5. The number of hydrogen-bond acceptors (Lipinski definition) is 12. The number of fused-ring (bicyclic) bond motifs is 3. The Balaban J connectivity index is 0.000000167. The van der Waals surface area contributed by atoms with Crippen LogP contribution in [-0.2, 0) is 29.1 Å². The zero-order valence-corrected chi connectivity index (χ0v) is 37.4. The molecule has 0 unspecified atom stereocenters. The molecular formula is C50H54N4O11. The van der Waals surface area contributed by atoms with Crippen LogP contribution in [0.15, 0.2) is 91.0 Å². The second-order valence-corrected chi connectivity index (χ2v) is 15.6. The summed E-state index contributed by atoms with van der Waals surface area (Å²) in [6, 6.07) is 27.1. The minimum absolute atomic E-state index is 0.00379. The lowest BCUT2D eigenvalue weighted by molar-refractivity contribution is 0.0591. The van der Waals surface area contributed by atoms with Crippen LogP contribution in [0, 0.1) is 27.7 Å². The van der Waals surface area contributed by atoms with Gasteiger partial charge in [-0.2, -0.15) is 0 Å². The van der Waals surface area contributed by atoms with Crippen LogP contribution in [0.2, 0.25) is 0 Å². The van der Waals surface area contributed by atoms with Gasteiger partial charge in [-0.3, -0.25) is 19.6 Å². The highest BCUT2D eigenvalue weighted by Crippen LogP contribution is 2.29. The molecule has 0 bridgehead atoms. The standard InChI is InChI=1S/C20H21NO4.C19H20N2O4.C11H13NO3/c1-13-5-4-6-14(2)18(13)19(22)21-9-10-25-17-11-15(20(23)24-3)7-8-16(17)12-21;1-12-4-3-5-13(2)17(12)19(23)21-8-9-25-16-10-14(18(22)20-24)6-7-15(16)11-21;1-14-11(13)8-2-3-9-7-12-4-5-15-10(9)6-8/h4-8,11H,9-10,12H2,1-3H3;3-7,10,24H,8-9,11H2,1-2H3,(H,20,22);2-3,6,12H,4-5,7H2,1H3. The zero-order valence-electron chi connectivity index (χ0n) is 37.4. The first-order valence-electron chi connectivity index (χ1n) is 21.1. The second kappa shape index (κ2) is 21.9. The summed E-state index contributed by atoms with van der Waals surface area (Å²) in [7, 11) is 2.72. The Kier molecular flexibility index (Phi) is 15.9. The molecule has 3 aliphatic rings. The average molecular weight is 887 g/mol. The summed E-state index contributed by atoms with van der Waals surface area (Å²) < 4.78 is 26.4. The predicted molar refractivity (Wildman–Crippen MR) is 241 cm³/mol. The maximum atomic E-state index is 13.0. The Morgan fingerprint density at radius 1 is 0.569 bits per heavy atom. The molecule has 15 heteroatoms. The molecule has 0 aliphatic carbocycles. The van der Waals surface area contributed by atoms with Crippen LogP contribution >= 0.6 is 0 Å². The Morgan fingerprint density at radius 3 is 1.42 bits per heavy atom. The van der Waals surface area contributed by atoms with Gasteiger partial charge < -0.3 is 38.8 Å². The van der Waals surface area contributed by atoms with Crippen molar-refractivity contribution >= 4 is 29.7 Å². The maximum absolute atomic E-state index is 13.0. The minimum atomic E-state index is -0.598. The van der Waals surface area contributed by atoms with E-state index in [1.807, 2.05) is 76.2 Å². The molecule has 3 aliphatic heterocycles. The minimum Gasteiger partial charge on any atom is -0.492 e. The molecule has 0 atom stereocenters. The lowest BCUT2D eigenvalue weighted by atomic mass is 10.0. The van der Waals surface area contributed by atoms with Gasteiger partial charge in [-0.05, 0) is 86.3 Å². The molecule has 3 amide bonds. The summed E-state index contributed by atoms with van der Waals surface area (Å²) >= 11 is 0. The zero-order chi connectivity index (χ0) is 46.6. The third-order valence-electron chi connectivity index (χ3n) is 11.2. The van der Waals surface area contributed by atoms with Gasteiger partial charge in [0.25, 0.3) is 17.7 Å². The predicted octanol–water partition coefficient (Wildman–Crippen LogP) is 6.54. The number of esters is 2. The van der Waals surface area contributed by atoms with Crippen molar-refractivity contribution in [1.82, 2.24) is 20.6 Å². The van der Waals surface area contributed by atoms with Gasteiger partial charge in [0.1, 0.15) is 37.1 Å². The largest absolute Gasteiger partial charge is 0.492 e. The molecule has 340 valence electrons. The van der Waals surface area contributed by atoms with E-state index in [1.165, 1.54) is 14.2 Å². The second-order valence-electron chi connectivity index (χ2n) is 15.6. The summed E-state index contributed by atoms with van der Waals surface area (Å²) in [6.07, 6.45) is 0. The van der Waals surface area contributed by atoms with Crippen LogP contribution in [0.3, 0.4) is 0 Å². The van der Waals surface area contributed by atoms with Gasteiger partial charge >= 0.3 is 11.9 Å². The van der Waals surface area contributed by atoms with Crippen LogP contribution in [-0.4, -0.2) is 98.3 Å². The van der Waals surface area contributed by atoms with Crippen molar-refractivity contribution in [1.29, 1.82) is 0 Å². The van der Waals surface area contributed by atoms with E-state index in [4.69, 9.17) is 24.2 Å². The first-order valence-corrected chi connectivity index (χ1v) is 21.1. The van der Waals surface area contributed by atoms with E-state index < -0.39 is 11.9 Å². The number of rotatable bonds is 5. The molecule has 65 heavy (non-hydrogen) atoms. The highest BCUT2D eigenvalue weighted by Gasteiger charge is 2.26. The smallest absolute Gasteiger partial charge is 0.337 e. The lowest BCUT2D eigenvalue weighted by Gasteiger charge is -2.22. The molecule has 0 saturated heterocycles. The summed E-state index contributed by atoms with van der Waals surface area (Å²) in [4.78, 5) is 64.1. The van der Waals surface area contributed by atoms with Gasteiger partial charge in [0, 0.05) is 59.6 Å². The van der Waals surface area contributed by atoms with Gasteiger partial charge in [0.05, 0.1) is 38.4 Å². The van der Waals surface area contributed by atoms with Gasteiger partial charge in [0.15, 0.2) is 0 Å². The van der Waals surface area contributed by atoms with E-state index in [9.17, 15) is 24.0 Å². The summed E-state index contributed by atoms with van der Waals surface area (Å²) in [6.45, 7) is 12.5. The van der Waals surface area contributed by atoms with Crippen molar-refractivity contribution < 1.29 is 52.9 Å². The van der Waals surface area contributed by atoms with E-state index in [2.05, 4.69) is 10.1 Å². The van der Waals surface area contributed by atoms with Crippen molar-refractivity contribution in [2.24, 2.45) is 0 Å². The van der Waals surface area contributed by atoms with Gasteiger partial charge in [0.2, 0.25) is 0 Å². The Morgan fingerprint density at radius 2 is 0.969 bits per heavy atom. The molecular weight excluding hydrogens is 833 g/mol. The Labute approximate surface area is 378 Å². The number of methoxy groups -OCH3 is 2. The van der Waals surface area contributed by atoms with Crippen molar-refractivity contribution in [2.75, 3.05) is 53.7 Å². The fraction of sp³-hybridized carbons (Fsp3) is 0.300. The summed E-state index contributed by atoms with van der Waals surface area (Å²) in [5, 5.41) is 12.0. The van der Waals surface area contributed by atoms with Crippen LogP contribution in [0.4, 0.5) is 0 Å². The van der Waals surface area contributed by atoms with Crippen molar-refractivity contribution in [2.45, 2.75) is 47.3 Å².